The number of rotatable bonds is 6. The summed E-state index contributed by atoms with van der Waals surface area (Å²) in [7, 11) is 0. The second-order valence-electron chi connectivity index (χ2n) is 6.69. The normalized spacial score (nSPS) is 10.9. The number of anilines is 1. The van der Waals surface area contributed by atoms with Crippen molar-refractivity contribution < 1.29 is 9.53 Å². The van der Waals surface area contributed by atoms with Crippen LogP contribution in [0.5, 0.6) is 6.01 Å². The summed E-state index contributed by atoms with van der Waals surface area (Å²) in [6.45, 7) is 6.08. The Bertz CT molecular complexity index is 984. The first-order valence-corrected chi connectivity index (χ1v) is 9.52. The molecule has 2 aromatic carbocycles. The zero-order valence-electron chi connectivity index (χ0n) is 15.7. The first-order chi connectivity index (χ1) is 13.3. The van der Waals surface area contributed by atoms with Crippen molar-refractivity contribution in [2.24, 2.45) is 5.92 Å². The molecule has 1 amide bonds. The van der Waals surface area contributed by atoms with Crippen LogP contribution >= 0.6 is 23.2 Å². The van der Waals surface area contributed by atoms with Gasteiger partial charge in [0.15, 0.2) is 5.82 Å². The van der Waals surface area contributed by atoms with Gasteiger partial charge in [0.25, 0.3) is 0 Å². The van der Waals surface area contributed by atoms with Crippen molar-refractivity contribution in [3.8, 4) is 23.1 Å². The number of benzene rings is 2. The molecule has 1 N–H and O–H groups in total. The third-order valence-electron chi connectivity index (χ3n) is 3.74. The van der Waals surface area contributed by atoms with Gasteiger partial charge in [0, 0.05) is 18.2 Å². The van der Waals surface area contributed by atoms with E-state index in [9.17, 15) is 4.79 Å². The molecular weight excluding hydrogens is 399 g/mol. The van der Waals surface area contributed by atoms with Crippen LogP contribution in [0.2, 0.25) is 10.0 Å². The van der Waals surface area contributed by atoms with Gasteiger partial charge in [0.1, 0.15) is 0 Å². The molecule has 0 unspecified atom stereocenters. The number of halogens is 2. The molecule has 0 aliphatic carbocycles. The van der Waals surface area contributed by atoms with E-state index < -0.39 is 0 Å². The third kappa shape index (κ3) is 4.82. The molecule has 6 nitrogen and oxygen atoms in total. The number of aromatic nitrogens is 3. The minimum absolute atomic E-state index is 0.130. The van der Waals surface area contributed by atoms with Crippen LogP contribution in [0.1, 0.15) is 20.8 Å². The van der Waals surface area contributed by atoms with Gasteiger partial charge in [-0.15, -0.1) is 5.10 Å². The maximum atomic E-state index is 11.2. The van der Waals surface area contributed by atoms with Crippen molar-refractivity contribution in [1.82, 2.24) is 14.8 Å². The first kappa shape index (κ1) is 20.2. The lowest BCUT2D eigenvalue weighted by Gasteiger charge is -2.08. The van der Waals surface area contributed by atoms with Crippen molar-refractivity contribution in [3.05, 3.63) is 52.5 Å². The van der Waals surface area contributed by atoms with Gasteiger partial charge in [0.2, 0.25) is 5.91 Å². The molecule has 0 aliphatic heterocycles. The van der Waals surface area contributed by atoms with E-state index in [0.29, 0.717) is 34.1 Å². The topological polar surface area (TPSA) is 69.0 Å². The van der Waals surface area contributed by atoms with E-state index in [0.717, 1.165) is 11.3 Å². The largest absolute Gasteiger partial charge is 0.462 e. The molecule has 0 aliphatic rings. The Labute approximate surface area is 173 Å². The lowest BCUT2D eigenvalue weighted by molar-refractivity contribution is -0.114. The number of ether oxygens (including phenoxy) is 1. The fourth-order valence-corrected chi connectivity index (χ4v) is 2.78. The number of hydrogen-bond acceptors (Lipinski definition) is 4. The summed E-state index contributed by atoms with van der Waals surface area (Å²) in [4.78, 5) is 15.7. The van der Waals surface area contributed by atoms with Crippen LogP contribution in [0.25, 0.3) is 17.1 Å². The molecule has 0 bridgehead atoms. The predicted octanol–water partition coefficient (Wildman–Crippen LogP) is 5.23. The standard InChI is InChI=1S/C20H20Cl2N4O2/c1-12(2)11-28-20-24-19(14-4-9-17(21)18(22)10-14)26(25-20)16-7-5-15(6-8-16)23-13(3)27/h4-10,12H,11H2,1-3H3,(H,23,27). The van der Waals surface area contributed by atoms with Crippen LogP contribution in [0.3, 0.4) is 0 Å². The Morgan fingerprint density at radius 3 is 2.46 bits per heavy atom. The molecule has 28 heavy (non-hydrogen) atoms. The summed E-state index contributed by atoms with van der Waals surface area (Å²) in [5.41, 5.74) is 2.22. The first-order valence-electron chi connectivity index (χ1n) is 8.77. The quantitative estimate of drug-likeness (QED) is 0.594. The van der Waals surface area contributed by atoms with Gasteiger partial charge in [-0.3, -0.25) is 4.79 Å². The molecule has 3 aromatic rings. The smallest absolute Gasteiger partial charge is 0.336 e. The van der Waals surface area contributed by atoms with Crippen LogP contribution in [0.15, 0.2) is 42.5 Å². The summed E-state index contributed by atoms with van der Waals surface area (Å²) in [5.74, 6) is 0.788. The molecule has 3 rings (SSSR count). The van der Waals surface area contributed by atoms with E-state index in [1.807, 2.05) is 18.2 Å². The van der Waals surface area contributed by atoms with Crippen molar-refractivity contribution in [2.75, 3.05) is 11.9 Å². The van der Waals surface area contributed by atoms with Crippen molar-refractivity contribution in [3.63, 3.8) is 0 Å². The fourth-order valence-electron chi connectivity index (χ4n) is 2.49. The number of nitrogens with one attached hydrogen (secondary N) is 1. The lowest BCUT2D eigenvalue weighted by Crippen LogP contribution is -2.07. The van der Waals surface area contributed by atoms with Crippen LogP contribution in [-0.2, 0) is 4.79 Å². The third-order valence-corrected chi connectivity index (χ3v) is 4.48. The van der Waals surface area contributed by atoms with Crippen LogP contribution in [-0.4, -0.2) is 27.3 Å². The van der Waals surface area contributed by atoms with Crippen molar-refractivity contribution in [1.29, 1.82) is 0 Å². The van der Waals surface area contributed by atoms with Gasteiger partial charge >= 0.3 is 6.01 Å². The van der Waals surface area contributed by atoms with E-state index >= 15 is 0 Å². The number of nitrogens with zero attached hydrogens (tertiary/aromatic N) is 3. The molecule has 0 fully saturated rings. The molecule has 0 saturated heterocycles. The Morgan fingerprint density at radius 1 is 1.14 bits per heavy atom. The number of carbonyl (C=O) groups is 1. The number of carbonyl (C=O) groups excluding carboxylic acids is 1. The average molecular weight is 419 g/mol. The Kier molecular flexibility index (Phi) is 6.21. The Balaban J connectivity index is 2.02. The second kappa shape index (κ2) is 8.63. The minimum Gasteiger partial charge on any atom is -0.462 e. The zero-order chi connectivity index (χ0) is 20.3. The highest BCUT2D eigenvalue weighted by Gasteiger charge is 2.16. The molecule has 146 valence electrons. The monoisotopic (exact) mass is 418 g/mol. The Morgan fingerprint density at radius 2 is 1.86 bits per heavy atom. The molecule has 0 saturated carbocycles. The van der Waals surface area contributed by atoms with Gasteiger partial charge in [-0.05, 0) is 48.4 Å². The van der Waals surface area contributed by atoms with Gasteiger partial charge < -0.3 is 10.1 Å². The predicted molar refractivity (Wildman–Crippen MR) is 111 cm³/mol. The molecule has 0 spiro atoms. The van der Waals surface area contributed by atoms with Crippen LogP contribution in [0, 0.1) is 5.92 Å². The molecule has 0 atom stereocenters. The van der Waals surface area contributed by atoms with E-state index in [-0.39, 0.29) is 11.9 Å². The van der Waals surface area contributed by atoms with Gasteiger partial charge in [0.05, 0.1) is 22.3 Å². The zero-order valence-corrected chi connectivity index (χ0v) is 17.3. The van der Waals surface area contributed by atoms with Gasteiger partial charge in [-0.25, -0.2) is 4.68 Å². The van der Waals surface area contributed by atoms with E-state index in [1.165, 1.54) is 6.92 Å². The molecular formula is C20H20Cl2N4O2. The van der Waals surface area contributed by atoms with Gasteiger partial charge in [-0.2, -0.15) is 4.98 Å². The van der Waals surface area contributed by atoms with Crippen molar-refractivity contribution in [2.45, 2.75) is 20.8 Å². The van der Waals surface area contributed by atoms with E-state index in [1.54, 1.807) is 28.9 Å². The summed E-state index contributed by atoms with van der Waals surface area (Å²) in [6, 6.07) is 12.8. The fraction of sp³-hybridized carbons (Fsp3) is 0.250. The Hall–Kier alpha value is -2.57. The summed E-state index contributed by atoms with van der Waals surface area (Å²) < 4.78 is 7.38. The highest BCUT2D eigenvalue weighted by Crippen LogP contribution is 2.30. The van der Waals surface area contributed by atoms with Crippen molar-refractivity contribution >= 4 is 34.8 Å². The van der Waals surface area contributed by atoms with E-state index in [4.69, 9.17) is 27.9 Å². The highest BCUT2D eigenvalue weighted by molar-refractivity contribution is 6.42. The van der Waals surface area contributed by atoms with Gasteiger partial charge in [-0.1, -0.05) is 37.0 Å². The molecule has 8 heteroatoms. The van der Waals surface area contributed by atoms with E-state index in [2.05, 4.69) is 29.2 Å². The maximum Gasteiger partial charge on any atom is 0.336 e. The average Bonchev–Trinajstić information content (AvgIpc) is 3.07. The minimum atomic E-state index is -0.130. The molecule has 0 radical (unpaired) electrons. The summed E-state index contributed by atoms with van der Waals surface area (Å²) in [5, 5.41) is 8.13. The van der Waals surface area contributed by atoms with Crippen LogP contribution in [0.4, 0.5) is 5.69 Å². The number of hydrogen-bond donors (Lipinski definition) is 1. The summed E-state index contributed by atoms with van der Waals surface area (Å²) >= 11 is 12.2. The SMILES string of the molecule is CC(=O)Nc1ccc(-n2nc(OCC(C)C)nc2-c2ccc(Cl)c(Cl)c2)cc1. The highest BCUT2D eigenvalue weighted by atomic mass is 35.5. The van der Waals surface area contributed by atoms with Crippen LogP contribution < -0.4 is 10.1 Å². The number of amides is 1. The summed E-state index contributed by atoms with van der Waals surface area (Å²) in [6.07, 6.45) is 0. The molecule has 1 heterocycles. The second-order valence-corrected chi connectivity index (χ2v) is 7.51. The lowest BCUT2D eigenvalue weighted by atomic mass is 10.2. The maximum absolute atomic E-state index is 11.2. The molecule has 1 aromatic heterocycles.